The second-order valence-electron chi connectivity index (χ2n) is 4.43. The molecule has 88 valence electrons. The summed E-state index contributed by atoms with van der Waals surface area (Å²) in [6.07, 6.45) is 2.27. The molecule has 1 aliphatic rings. The van der Waals surface area contributed by atoms with Crippen molar-refractivity contribution in [2.75, 3.05) is 6.61 Å². The molecule has 0 radical (unpaired) electrons. The van der Waals surface area contributed by atoms with Crippen LogP contribution in [-0.4, -0.2) is 12.6 Å². The summed E-state index contributed by atoms with van der Waals surface area (Å²) in [7, 11) is 0. The van der Waals surface area contributed by atoms with Gasteiger partial charge in [0.1, 0.15) is 11.5 Å². The number of hydrogen-bond donors (Lipinski definition) is 0. The van der Waals surface area contributed by atoms with Crippen LogP contribution >= 0.6 is 0 Å². The van der Waals surface area contributed by atoms with Gasteiger partial charge in [-0.2, -0.15) is 0 Å². The standard InChI is InChI=1S/C13H18O3/c1-3-15-13(14)7-5-10-4-6-12(16-10)11-8-9(11)2/h4,6,9,11H,3,5,7-8H2,1-2H3. The molecule has 1 saturated carbocycles. The van der Waals surface area contributed by atoms with E-state index >= 15 is 0 Å². The Morgan fingerprint density at radius 2 is 2.31 bits per heavy atom. The molecule has 2 atom stereocenters. The van der Waals surface area contributed by atoms with E-state index in [9.17, 15) is 4.79 Å². The number of aryl methyl sites for hydroxylation is 1. The number of esters is 1. The molecule has 0 aromatic carbocycles. The van der Waals surface area contributed by atoms with Crippen molar-refractivity contribution in [1.29, 1.82) is 0 Å². The topological polar surface area (TPSA) is 39.4 Å². The molecule has 3 nitrogen and oxygen atoms in total. The summed E-state index contributed by atoms with van der Waals surface area (Å²) in [4.78, 5) is 11.2. The Morgan fingerprint density at radius 3 is 2.94 bits per heavy atom. The SMILES string of the molecule is CCOC(=O)CCc1ccc(C2CC2C)o1. The molecule has 1 aliphatic carbocycles. The van der Waals surface area contributed by atoms with E-state index in [1.54, 1.807) is 0 Å². The Kier molecular flexibility index (Phi) is 3.32. The van der Waals surface area contributed by atoms with Gasteiger partial charge in [-0.3, -0.25) is 4.79 Å². The first-order valence-electron chi connectivity index (χ1n) is 5.95. The third kappa shape index (κ3) is 2.65. The van der Waals surface area contributed by atoms with Crippen molar-refractivity contribution < 1.29 is 13.9 Å². The zero-order valence-corrected chi connectivity index (χ0v) is 9.86. The van der Waals surface area contributed by atoms with Crippen LogP contribution in [0.2, 0.25) is 0 Å². The van der Waals surface area contributed by atoms with E-state index in [1.165, 1.54) is 6.42 Å². The van der Waals surface area contributed by atoms with Crippen LogP contribution in [-0.2, 0) is 16.0 Å². The normalized spacial score (nSPS) is 23.1. The van der Waals surface area contributed by atoms with Gasteiger partial charge < -0.3 is 9.15 Å². The van der Waals surface area contributed by atoms with Gasteiger partial charge in [0.25, 0.3) is 0 Å². The molecule has 0 bridgehead atoms. The molecule has 0 amide bonds. The van der Waals surface area contributed by atoms with Crippen LogP contribution in [0.3, 0.4) is 0 Å². The Bertz CT molecular complexity index is 367. The number of furan rings is 1. The minimum absolute atomic E-state index is 0.153. The van der Waals surface area contributed by atoms with Gasteiger partial charge in [0, 0.05) is 12.3 Å². The van der Waals surface area contributed by atoms with E-state index in [0.717, 1.165) is 17.4 Å². The molecule has 3 heteroatoms. The molecule has 0 aliphatic heterocycles. The number of carbonyl (C=O) groups is 1. The highest BCUT2D eigenvalue weighted by Crippen LogP contribution is 2.47. The Hall–Kier alpha value is -1.25. The lowest BCUT2D eigenvalue weighted by Gasteiger charge is -1.99. The molecule has 1 aromatic heterocycles. The molecule has 16 heavy (non-hydrogen) atoms. The summed E-state index contributed by atoms with van der Waals surface area (Å²) in [5.41, 5.74) is 0. The Labute approximate surface area is 95.8 Å². The zero-order valence-electron chi connectivity index (χ0n) is 9.86. The van der Waals surface area contributed by atoms with Crippen molar-refractivity contribution in [3.05, 3.63) is 23.7 Å². The first kappa shape index (κ1) is 11.2. The average molecular weight is 222 g/mol. The summed E-state index contributed by atoms with van der Waals surface area (Å²) in [6.45, 7) is 4.49. The maximum atomic E-state index is 11.2. The molecular formula is C13H18O3. The summed E-state index contributed by atoms with van der Waals surface area (Å²) < 4.78 is 10.6. The van der Waals surface area contributed by atoms with Gasteiger partial charge in [-0.15, -0.1) is 0 Å². The lowest BCUT2D eigenvalue weighted by Crippen LogP contribution is -2.04. The van der Waals surface area contributed by atoms with Crippen LogP contribution < -0.4 is 0 Å². The lowest BCUT2D eigenvalue weighted by molar-refractivity contribution is -0.143. The highest BCUT2D eigenvalue weighted by Gasteiger charge is 2.36. The molecule has 0 N–H and O–H groups in total. The molecule has 1 fully saturated rings. The molecule has 0 spiro atoms. The van der Waals surface area contributed by atoms with Gasteiger partial charge in [-0.1, -0.05) is 6.92 Å². The maximum Gasteiger partial charge on any atom is 0.306 e. The number of carbonyl (C=O) groups excluding carboxylic acids is 1. The molecule has 0 saturated heterocycles. The van der Waals surface area contributed by atoms with Gasteiger partial charge in [0.05, 0.1) is 13.0 Å². The van der Waals surface area contributed by atoms with Gasteiger partial charge in [0.2, 0.25) is 0 Å². The molecule has 1 aromatic rings. The summed E-state index contributed by atoms with van der Waals surface area (Å²) >= 11 is 0. The van der Waals surface area contributed by atoms with E-state index in [4.69, 9.17) is 9.15 Å². The first-order chi connectivity index (χ1) is 7.70. The molecule has 1 heterocycles. The fraction of sp³-hybridized carbons (Fsp3) is 0.615. The third-order valence-corrected chi connectivity index (χ3v) is 3.04. The molecular weight excluding hydrogens is 204 g/mol. The predicted octanol–water partition coefficient (Wildman–Crippen LogP) is 2.90. The molecule has 2 rings (SSSR count). The van der Waals surface area contributed by atoms with Crippen molar-refractivity contribution in [3.8, 4) is 0 Å². The van der Waals surface area contributed by atoms with E-state index in [-0.39, 0.29) is 5.97 Å². The third-order valence-electron chi connectivity index (χ3n) is 3.04. The van der Waals surface area contributed by atoms with Crippen molar-refractivity contribution in [2.24, 2.45) is 5.92 Å². The Morgan fingerprint density at radius 1 is 1.56 bits per heavy atom. The maximum absolute atomic E-state index is 11.2. The summed E-state index contributed by atoms with van der Waals surface area (Å²) in [6, 6.07) is 4.01. The van der Waals surface area contributed by atoms with Gasteiger partial charge in [0.15, 0.2) is 0 Å². The lowest BCUT2D eigenvalue weighted by atomic mass is 10.2. The van der Waals surface area contributed by atoms with E-state index in [0.29, 0.717) is 25.4 Å². The predicted molar refractivity (Wildman–Crippen MR) is 60.2 cm³/mol. The average Bonchev–Trinajstić information content (AvgIpc) is 2.80. The zero-order chi connectivity index (χ0) is 11.5. The van der Waals surface area contributed by atoms with E-state index in [1.807, 2.05) is 19.1 Å². The van der Waals surface area contributed by atoms with Gasteiger partial charge in [-0.25, -0.2) is 0 Å². The van der Waals surface area contributed by atoms with Crippen molar-refractivity contribution in [1.82, 2.24) is 0 Å². The minimum atomic E-state index is -0.153. The fourth-order valence-electron chi connectivity index (χ4n) is 1.91. The quantitative estimate of drug-likeness (QED) is 0.719. The van der Waals surface area contributed by atoms with E-state index < -0.39 is 0 Å². The summed E-state index contributed by atoms with van der Waals surface area (Å²) in [5, 5.41) is 0. The highest BCUT2D eigenvalue weighted by molar-refractivity contribution is 5.69. The van der Waals surface area contributed by atoms with Crippen LogP contribution in [0.1, 0.15) is 44.1 Å². The largest absolute Gasteiger partial charge is 0.466 e. The van der Waals surface area contributed by atoms with Crippen LogP contribution in [0.15, 0.2) is 16.5 Å². The Balaban J connectivity index is 1.81. The van der Waals surface area contributed by atoms with Gasteiger partial charge >= 0.3 is 5.97 Å². The van der Waals surface area contributed by atoms with E-state index in [2.05, 4.69) is 6.92 Å². The van der Waals surface area contributed by atoms with Crippen LogP contribution in [0.4, 0.5) is 0 Å². The first-order valence-corrected chi connectivity index (χ1v) is 5.95. The van der Waals surface area contributed by atoms with Crippen molar-refractivity contribution in [2.45, 2.75) is 39.0 Å². The second-order valence-corrected chi connectivity index (χ2v) is 4.43. The summed E-state index contributed by atoms with van der Waals surface area (Å²) in [5.74, 6) is 3.18. The number of rotatable bonds is 5. The molecule has 2 unspecified atom stereocenters. The minimum Gasteiger partial charge on any atom is -0.466 e. The number of ether oxygens (including phenoxy) is 1. The fourth-order valence-corrected chi connectivity index (χ4v) is 1.91. The van der Waals surface area contributed by atoms with Crippen molar-refractivity contribution in [3.63, 3.8) is 0 Å². The highest BCUT2D eigenvalue weighted by atomic mass is 16.5. The van der Waals surface area contributed by atoms with Gasteiger partial charge in [-0.05, 0) is 31.4 Å². The van der Waals surface area contributed by atoms with Crippen LogP contribution in [0, 0.1) is 5.92 Å². The smallest absolute Gasteiger partial charge is 0.306 e. The van der Waals surface area contributed by atoms with Crippen molar-refractivity contribution >= 4 is 5.97 Å². The second kappa shape index (κ2) is 4.73. The number of hydrogen-bond acceptors (Lipinski definition) is 3. The van der Waals surface area contributed by atoms with Crippen LogP contribution in [0.25, 0.3) is 0 Å². The van der Waals surface area contributed by atoms with Crippen LogP contribution in [0.5, 0.6) is 0 Å². The monoisotopic (exact) mass is 222 g/mol.